The van der Waals surface area contributed by atoms with Gasteiger partial charge in [-0.15, -0.1) is 0 Å². The van der Waals surface area contributed by atoms with Crippen LogP contribution >= 0.6 is 0 Å². The number of nitrogens with one attached hydrogen (secondary N) is 1. The van der Waals surface area contributed by atoms with Gasteiger partial charge in [-0.1, -0.05) is 42.5 Å². The van der Waals surface area contributed by atoms with Crippen molar-refractivity contribution in [2.75, 3.05) is 0 Å². The van der Waals surface area contributed by atoms with Gasteiger partial charge in [0.25, 0.3) is 0 Å². The summed E-state index contributed by atoms with van der Waals surface area (Å²) in [4.78, 5) is 12.5. The summed E-state index contributed by atoms with van der Waals surface area (Å²) in [6, 6.07) is 16.6. The van der Waals surface area contributed by atoms with Crippen LogP contribution in [-0.2, 0) is 17.9 Å². The van der Waals surface area contributed by atoms with Gasteiger partial charge in [-0.2, -0.15) is 5.10 Å². The molecule has 3 aromatic rings. The Balaban J connectivity index is 1.38. The van der Waals surface area contributed by atoms with Crippen LogP contribution in [0.15, 0.2) is 67.0 Å². The Morgan fingerprint density at radius 1 is 1.12 bits per heavy atom. The fourth-order valence-corrected chi connectivity index (χ4v) is 3.37. The molecule has 4 nitrogen and oxygen atoms in total. The van der Waals surface area contributed by atoms with Crippen LogP contribution < -0.4 is 5.32 Å². The largest absolute Gasteiger partial charge is 0.352 e. The molecule has 5 heteroatoms. The molecule has 0 saturated heterocycles. The summed E-state index contributed by atoms with van der Waals surface area (Å²) in [5, 5.41) is 7.24. The quantitative estimate of drug-likeness (QED) is 0.740. The van der Waals surface area contributed by atoms with Crippen LogP contribution in [0.5, 0.6) is 0 Å². The fraction of sp³-hybridized carbons (Fsp3) is 0.238. The Hall–Kier alpha value is -2.95. The molecule has 1 saturated carbocycles. The molecule has 2 aromatic carbocycles. The molecule has 2 atom stereocenters. The van der Waals surface area contributed by atoms with Crippen molar-refractivity contribution in [3.05, 3.63) is 89.5 Å². The summed E-state index contributed by atoms with van der Waals surface area (Å²) in [6.07, 6.45) is 4.38. The number of rotatable bonds is 6. The predicted molar refractivity (Wildman–Crippen MR) is 96.9 cm³/mol. The number of nitrogens with zero attached hydrogens (tertiary/aromatic N) is 2. The van der Waals surface area contributed by atoms with Crippen LogP contribution in [0.1, 0.15) is 29.0 Å². The van der Waals surface area contributed by atoms with Crippen molar-refractivity contribution < 1.29 is 9.18 Å². The number of hydrogen-bond donors (Lipinski definition) is 1. The van der Waals surface area contributed by atoms with Crippen molar-refractivity contribution in [2.24, 2.45) is 5.92 Å². The van der Waals surface area contributed by atoms with E-state index in [-0.39, 0.29) is 23.6 Å². The number of aromatic nitrogens is 2. The number of benzene rings is 2. The molecule has 0 unspecified atom stereocenters. The first-order valence-electron chi connectivity index (χ1n) is 8.78. The Bertz CT molecular complexity index is 907. The average Bonchev–Trinajstić information content (AvgIpc) is 3.29. The molecule has 1 amide bonds. The maximum atomic E-state index is 13.9. The maximum Gasteiger partial charge on any atom is 0.224 e. The van der Waals surface area contributed by atoms with Crippen LogP contribution in [0, 0.1) is 11.7 Å². The molecule has 1 aliphatic rings. The third kappa shape index (κ3) is 3.52. The molecule has 0 radical (unpaired) electrons. The van der Waals surface area contributed by atoms with Gasteiger partial charge in [0, 0.05) is 24.9 Å². The molecule has 26 heavy (non-hydrogen) atoms. The molecule has 0 aliphatic heterocycles. The Labute approximate surface area is 151 Å². The van der Waals surface area contributed by atoms with Gasteiger partial charge in [0.1, 0.15) is 5.82 Å². The minimum atomic E-state index is -0.225. The van der Waals surface area contributed by atoms with Gasteiger partial charge in [-0.3, -0.25) is 9.48 Å². The third-order valence-electron chi connectivity index (χ3n) is 4.89. The second-order valence-corrected chi connectivity index (χ2v) is 6.66. The summed E-state index contributed by atoms with van der Waals surface area (Å²) in [7, 11) is 0. The number of hydrogen-bond acceptors (Lipinski definition) is 2. The fourth-order valence-electron chi connectivity index (χ4n) is 3.37. The molecular formula is C21H20FN3O. The third-order valence-corrected chi connectivity index (χ3v) is 4.89. The van der Waals surface area contributed by atoms with Crippen molar-refractivity contribution in [2.45, 2.75) is 25.4 Å². The van der Waals surface area contributed by atoms with E-state index < -0.39 is 0 Å². The van der Waals surface area contributed by atoms with E-state index >= 15 is 0 Å². The Morgan fingerprint density at radius 2 is 1.88 bits per heavy atom. The minimum Gasteiger partial charge on any atom is -0.352 e. The van der Waals surface area contributed by atoms with Gasteiger partial charge in [0.15, 0.2) is 0 Å². The highest BCUT2D eigenvalue weighted by Crippen LogP contribution is 2.48. The minimum absolute atomic E-state index is 0.00415. The summed E-state index contributed by atoms with van der Waals surface area (Å²) in [6.45, 7) is 1.14. The molecule has 132 valence electrons. The average molecular weight is 349 g/mol. The van der Waals surface area contributed by atoms with E-state index in [0.29, 0.717) is 25.1 Å². The smallest absolute Gasteiger partial charge is 0.224 e. The Kier molecular flexibility index (Phi) is 4.52. The highest BCUT2D eigenvalue weighted by Gasteiger charge is 2.44. The van der Waals surface area contributed by atoms with Crippen LogP contribution in [0.3, 0.4) is 0 Å². The lowest BCUT2D eigenvalue weighted by Crippen LogP contribution is -2.25. The maximum absolute atomic E-state index is 13.9. The zero-order valence-electron chi connectivity index (χ0n) is 14.3. The molecule has 0 bridgehead atoms. The topological polar surface area (TPSA) is 46.9 Å². The van der Waals surface area contributed by atoms with Gasteiger partial charge >= 0.3 is 0 Å². The molecule has 1 N–H and O–H groups in total. The molecule has 1 aliphatic carbocycles. The highest BCUT2D eigenvalue weighted by atomic mass is 19.1. The van der Waals surface area contributed by atoms with Crippen LogP contribution in [-0.4, -0.2) is 15.7 Å². The Morgan fingerprint density at radius 3 is 2.65 bits per heavy atom. The van der Waals surface area contributed by atoms with E-state index in [2.05, 4.69) is 10.4 Å². The van der Waals surface area contributed by atoms with Crippen molar-refractivity contribution in [1.82, 2.24) is 15.1 Å². The number of halogens is 1. The van der Waals surface area contributed by atoms with E-state index in [9.17, 15) is 9.18 Å². The predicted octanol–water partition coefficient (Wildman–Crippen LogP) is 3.49. The first kappa shape index (κ1) is 16.5. The second kappa shape index (κ2) is 7.12. The normalized spacial score (nSPS) is 18.5. The lowest BCUT2D eigenvalue weighted by atomic mass is 10.1. The van der Waals surface area contributed by atoms with Gasteiger partial charge in [0.05, 0.1) is 6.54 Å². The molecule has 1 aromatic heterocycles. The van der Waals surface area contributed by atoms with E-state index in [1.165, 1.54) is 6.07 Å². The summed E-state index contributed by atoms with van der Waals surface area (Å²) >= 11 is 0. The molecule has 1 heterocycles. The van der Waals surface area contributed by atoms with Gasteiger partial charge < -0.3 is 5.32 Å². The molecule has 0 spiro atoms. The molecule has 4 rings (SSSR count). The van der Waals surface area contributed by atoms with E-state index in [1.807, 2.05) is 47.3 Å². The SMILES string of the molecule is O=C(NCc1ccccc1Cn1cccn1)[C@H]1C[C@H]1c1ccccc1F. The second-order valence-electron chi connectivity index (χ2n) is 6.66. The van der Waals surface area contributed by atoms with Crippen molar-refractivity contribution in [3.8, 4) is 0 Å². The first-order valence-corrected chi connectivity index (χ1v) is 8.78. The van der Waals surface area contributed by atoms with Crippen LogP contribution in [0.2, 0.25) is 0 Å². The van der Waals surface area contributed by atoms with Gasteiger partial charge in [0.2, 0.25) is 5.91 Å². The molecular weight excluding hydrogens is 329 g/mol. The van der Waals surface area contributed by atoms with Crippen molar-refractivity contribution >= 4 is 5.91 Å². The summed E-state index contributed by atoms with van der Waals surface area (Å²) < 4.78 is 15.7. The van der Waals surface area contributed by atoms with E-state index in [0.717, 1.165) is 11.1 Å². The lowest BCUT2D eigenvalue weighted by Gasteiger charge is -2.11. The van der Waals surface area contributed by atoms with Crippen molar-refractivity contribution in [1.29, 1.82) is 0 Å². The van der Waals surface area contributed by atoms with E-state index in [4.69, 9.17) is 0 Å². The number of carbonyl (C=O) groups excluding carboxylic acids is 1. The van der Waals surface area contributed by atoms with E-state index in [1.54, 1.807) is 18.3 Å². The van der Waals surface area contributed by atoms with Gasteiger partial charge in [-0.05, 0) is 41.2 Å². The van der Waals surface area contributed by atoms with Crippen LogP contribution in [0.25, 0.3) is 0 Å². The first-order chi connectivity index (χ1) is 12.7. The standard InChI is InChI=1S/C21H20FN3O/c22-20-9-4-3-8-17(20)18-12-19(18)21(26)23-13-15-6-1-2-7-16(15)14-25-11-5-10-24-25/h1-11,18-19H,12-14H2,(H,23,26)/t18-,19-/m0/s1. The lowest BCUT2D eigenvalue weighted by molar-refractivity contribution is -0.122. The molecule has 1 fully saturated rings. The monoisotopic (exact) mass is 349 g/mol. The van der Waals surface area contributed by atoms with Gasteiger partial charge in [-0.25, -0.2) is 4.39 Å². The zero-order valence-corrected chi connectivity index (χ0v) is 14.3. The zero-order chi connectivity index (χ0) is 17.9. The van der Waals surface area contributed by atoms with Crippen LogP contribution in [0.4, 0.5) is 4.39 Å². The van der Waals surface area contributed by atoms with Crippen molar-refractivity contribution in [3.63, 3.8) is 0 Å². The summed E-state index contributed by atoms with van der Waals surface area (Å²) in [5.41, 5.74) is 2.84. The summed E-state index contributed by atoms with van der Waals surface area (Å²) in [5.74, 6) is -0.370. The number of amides is 1. The highest BCUT2D eigenvalue weighted by molar-refractivity contribution is 5.82. The number of carbonyl (C=O) groups is 1.